The molecule has 30 heavy (non-hydrogen) atoms. The van der Waals surface area contributed by atoms with Crippen LogP contribution in [-0.2, 0) is 9.59 Å². The van der Waals surface area contributed by atoms with Crippen molar-refractivity contribution >= 4 is 30.2 Å². The van der Waals surface area contributed by atoms with Gasteiger partial charge in [0.2, 0.25) is 11.9 Å². The second kappa shape index (κ2) is 12.1. The maximum atomic E-state index is 12.3. The molecule has 1 aliphatic heterocycles. The minimum atomic E-state index is -0.793. The highest BCUT2D eigenvalue weighted by molar-refractivity contribution is 5.85. The van der Waals surface area contributed by atoms with Crippen molar-refractivity contribution in [3.63, 3.8) is 0 Å². The number of hydrogen-bond donors (Lipinski definition) is 2. The van der Waals surface area contributed by atoms with E-state index in [1.165, 1.54) is 0 Å². The maximum Gasteiger partial charge on any atom is 0.303 e. The molecule has 2 heterocycles. The number of carbonyl (C=O) groups is 2. The molecule has 9 heteroatoms. The van der Waals surface area contributed by atoms with Crippen molar-refractivity contribution in [2.75, 3.05) is 44.2 Å². The fourth-order valence-electron chi connectivity index (χ4n) is 4.58. The van der Waals surface area contributed by atoms with Crippen LogP contribution in [0.1, 0.15) is 51.4 Å². The number of rotatable bonds is 10. The van der Waals surface area contributed by atoms with Crippen LogP contribution in [-0.4, -0.2) is 71.1 Å². The summed E-state index contributed by atoms with van der Waals surface area (Å²) in [6.07, 6.45) is 9.78. The van der Waals surface area contributed by atoms with Gasteiger partial charge in [-0.3, -0.25) is 14.5 Å². The first kappa shape index (κ1) is 24.3. The van der Waals surface area contributed by atoms with E-state index >= 15 is 0 Å². The van der Waals surface area contributed by atoms with Gasteiger partial charge in [0.25, 0.3) is 0 Å². The van der Waals surface area contributed by atoms with Gasteiger partial charge in [0.15, 0.2) is 0 Å². The second-order valence-electron chi connectivity index (χ2n) is 8.39. The standard InChI is InChI=1S/C21H33N5O3.ClH/c27-18(16-21(17-19(28)29)6-1-2-7-21)22-8-3-4-11-25-12-14-26(15-13-25)20-23-9-5-10-24-20;/h5,9-10H,1-4,6-8,11-17H2,(H,22,27)(H,28,29);1H. The van der Waals surface area contributed by atoms with Crippen LogP contribution < -0.4 is 10.2 Å². The molecule has 1 aliphatic carbocycles. The van der Waals surface area contributed by atoms with Gasteiger partial charge in [-0.25, -0.2) is 9.97 Å². The Morgan fingerprint density at radius 1 is 1.03 bits per heavy atom. The van der Waals surface area contributed by atoms with Crippen LogP contribution in [0.15, 0.2) is 18.5 Å². The lowest BCUT2D eigenvalue weighted by molar-refractivity contribution is -0.140. The highest BCUT2D eigenvalue weighted by Gasteiger charge is 2.37. The van der Waals surface area contributed by atoms with Gasteiger partial charge in [0.1, 0.15) is 0 Å². The quantitative estimate of drug-likeness (QED) is 0.540. The number of nitrogens with one attached hydrogen (secondary N) is 1. The van der Waals surface area contributed by atoms with Gasteiger partial charge in [0.05, 0.1) is 6.42 Å². The molecule has 0 radical (unpaired) electrons. The number of unbranched alkanes of at least 4 members (excludes halogenated alkanes) is 1. The fourth-order valence-corrected chi connectivity index (χ4v) is 4.58. The summed E-state index contributed by atoms with van der Waals surface area (Å²) in [7, 11) is 0. The molecule has 2 fully saturated rings. The van der Waals surface area contributed by atoms with Crippen molar-refractivity contribution < 1.29 is 14.7 Å². The Bertz CT molecular complexity index is 662. The van der Waals surface area contributed by atoms with E-state index in [1.54, 1.807) is 12.4 Å². The number of hydrogen-bond acceptors (Lipinski definition) is 6. The van der Waals surface area contributed by atoms with Gasteiger partial charge >= 0.3 is 5.97 Å². The zero-order valence-corrected chi connectivity index (χ0v) is 18.4. The molecule has 1 amide bonds. The topological polar surface area (TPSA) is 98.7 Å². The predicted octanol–water partition coefficient (Wildman–Crippen LogP) is 2.34. The van der Waals surface area contributed by atoms with Crippen LogP contribution in [0.4, 0.5) is 5.95 Å². The summed E-state index contributed by atoms with van der Waals surface area (Å²) in [6, 6.07) is 1.83. The molecule has 0 atom stereocenters. The van der Waals surface area contributed by atoms with Crippen molar-refractivity contribution in [1.82, 2.24) is 20.2 Å². The first-order valence-electron chi connectivity index (χ1n) is 10.8. The van der Waals surface area contributed by atoms with E-state index in [9.17, 15) is 9.59 Å². The monoisotopic (exact) mass is 439 g/mol. The second-order valence-corrected chi connectivity index (χ2v) is 8.39. The summed E-state index contributed by atoms with van der Waals surface area (Å²) >= 11 is 0. The van der Waals surface area contributed by atoms with Gasteiger partial charge in [-0.2, -0.15) is 0 Å². The molecule has 0 bridgehead atoms. The van der Waals surface area contributed by atoms with E-state index in [4.69, 9.17) is 5.11 Å². The van der Waals surface area contributed by atoms with E-state index in [1.807, 2.05) is 6.07 Å². The van der Waals surface area contributed by atoms with Crippen LogP contribution in [0.2, 0.25) is 0 Å². The van der Waals surface area contributed by atoms with Crippen LogP contribution in [0.5, 0.6) is 0 Å². The van der Waals surface area contributed by atoms with Crippen molar-refractivity contribution in [3.8, 4) is 0 Å². The third kappa shape index (κ3) is 7.40. The molecule has 8 nitrogen and oxygen atoms in total. The lowest BCUT2D eigenvalue weighted by Crippen LogP contribution is -2.47. The summed E-state index contributed by atoms with van der Waals surface area (Å²) in [6.45, 7) is 5.57. The Labute approximate surface area is 184 Å². The van der Waals surface area contributed by atoms with E-state index < -0.39 is 5.97 Å². The molecule has 168 valence electrons. The highest BCUT2D eigenvalue weighted by atomic mass is 35.5. The molecule has 1 aromatic heterocycles. The van der Waals surface area contributed by atoms with Crippen LogP contribution >= 0.6 is 12.4 Å². The zero-order chi connectivity index (χ0) is 20.5. The van der Waals surface area contributed by atoms with E-state index in [0.717, 1.165) is 77.2 Å². The largest absolute Gasteiger partial charge is 0.481 e. The Hall–Kier alpha value is -1.93. The number of halogens is 1. The van der Waals surface area contributed by atoms with Gasteiger partial charge in [0, 0.05) is 51.5 Å². The zero-order valence-electron chi connectivity index (χ0n) is 17.6. The van der Waals surface area contributed by atoms with Crippen molar-refractivity contribution in [1.29, 1.82) is 0 Å². The van der Waals surface area contributed by atoms with Crippen LogP contribution in [0.25, 0.3) is 0 Å². The molecule has 0 aromatic carbocycles. The highest BCUT2D eigenvalue weighted by Crippen LogP contribution is 2.43. The fraction of sp³-hybridized carbons (Fsp3) is 0.714. The Morgan fingerprint density at radius 2 is 1.70 bits per heavy atom. The third-order valence-corrected chi connectivity index (χ3v) is 6.16. The molecule has 1 saturated heterocycles. The number of carboxylic acid groups (broad SMARTS) is 1. The molecule has 3 rings (SSSR count). The minimum absolute atomic E-state index is 0. The molecule has 0 spiro atoms. The molecule has 2 N–H and O–H groups in total. The van der Waals surface area contributed by atoms with Crippen molar-refractivity contribution in [3.05, 3.63) is 18.5 Å². The summed E-state index contributed by atoms with van der Waals surface area (Å²) < 4.78 is 0. The van der Waals surface area contributed by atoms with E-state index in [0.29, 0.717) is 13.0 Å². The average Bonchev–Trinajstić information content (AvgIpc) is 3.16. The first-order chi connectivity index (χ1) is 14.1. The molecule has 1 aromatic rings. The average molecular weight is 440 g/mol. The smallest absolute Gasteiger partial charge is 0.303 e. The van der Waals surface area contributed by atoms with E-state index in [-0.39, 0.29) is 30.2 Å². The number of piperazine rings is 1. The number of anilines is 1. The molecule has 0 unspecified atom stereocenters. The first-order valence-corrected chi connectivity index (χ1v) is 10.8. The number of aromatic nitrogens is 2. The summed E-state index contributed by atoms with van der Waals surface area (Å²) in [5.41, 5.74) is -0.321. The lowest BCUT2D eigenvalue weighted by Gasteiger charge is -2.34. The molecule has 2 aliphatic rings. The number of carbonyl (C=O) groups excluding carboxylic acids is 1. The van der Waals surface area contributed by atoms with Gasteiger partial charge in [-0.1, -0.05) is 12.8 Å². The van der Waals surface area contributed by atoms with Gasteiger partial charge in [-0.15, -0.1) is 12.4 Å². The summed E-state index contributed by atoms with van der Waals surface area (Å²) in [5.74, 6) is 0.0149. The third-order valence-electron chi connectivity index (χ3n) is 6.16. The Balaban J connectivity index is 0.00000320. The molecular formula is C21H34ClN5O3. The SMILES string of the molecule is Cl.O=C(O)CC1(CC(=O)NCCCCN2CCN(c3ncccn3)CC2)CCCC1. The maximum absolute atomic E-state index is 12.3. The van der Waals surface area contributed by atoms with Crippen LogP contribution in [0, 0.1) is 5.41 Å². The Morgan fingerprint density at radius 3 is 2.33 bits per heavy atom. The van der Waals surface area contributed by atoms with Gasteiger partial charge < -0.3 is 15.3 Å². The lowest BCUT2D eigenvalue weighted by atomic mass is 9.79. The number of amides is 1. The molecule has 1 saturated carbocycles. The number of carboxylic acids is 1. The van der Waals surface area contributed by atoms with Crippen LogP contribution in [0.3, 0.4) is 0 Å². The van der Waals surface area contributed by atoms with Crippen molar-refractivity contribution in [2.24, 2.45) is 5.41 Å². The normalized spacial score (nSPS) is 18.6. The minimum Gasteiger partial charge on any atom is -0.481 e. The van der Waals surface area contributed by atoms with Gasteiger partial charge in [-0.05, 0) is 43.7 Å². The predicted molar refractivity (Wildman–Crippen MR) is 118 cm³/mol. The summed E-state index contributed by atoms with van der Waals surface area (Å²) in [5, 5.41) is 12.2. The number of aliphatic carboxylic acids is 1. The molecular weight excluding hydrogens is 406 g/mol. The van der Waals surface area contributed by atoms with E-state index in [2.05, 4.69) is 25.1 Å². The van der Waals surface area contributed by atoms with Crippen molar-refractivity contribution in [2.45, 2.75) is 51.4 Å². The summed E-state index contributed by atoms with van der Waals surface area (Å²) in [4.78, 5) is 36.7. The Kier molecular flexibility index (Phi) is 9.78. The number of nitrogens with zero attached hydrogens (tertiary/aromatic N) is 4.